The van der Waals surface area contributed by atoms with Crippen LogP contribution in [0, 0.1) is 0 Å². The Bertz CT molecular complexity index is 290. The van der Waals surface area contributed by atoms with Crippen molar-refractivity contribution in [3.05, 3.63) is 0 Å². The van der Waals surface area contributed by atoms with E-state index in [2.05, 4.69) is 0 Å². The zero-order valence-corrected chi connectivity index (χ0v) is 18.6. The molecule has 0 spiro atoms. The van der Waals surface area contributed by atoms with Crippen LogP contribution in [-0.4, -0.2) is 155 Å². The van der Waals surface area contributed by atoms with Crippen LogP contribution in [0.5, 0.6) is 0 Å². The second kappa shape index (κ2) is 26.2. The molecule has 0 unspecified atom stereocenters. The summed E-state index contributed by atoms with van der Waals surface area (Å²) in [5, 5.41) is 44.3. The fourth-order valence-electron chi connectivity index (χ4n) is 0. The molecule has 3 radical (unpaired) electrons. The molecule has 0 fully saturated rings. The molecule has 0 atom stereocenters. The van der Waals surface area contributed by atoms with E-state index in [9.17, 15) is 0 Å². The van der Waals surface area contributed by atoms with Crippen LogP contribution in [0.1, 0.15) is 0 Å². The van der Waals surface area contributed by atoms with Crippen LogP contribution in [0.2, 0.25) is 0 Å². The third-order valence-corrected chi connectivity index (χ3v) is 0.549. The number of hydrogen-bond acceptors (Lipinski definition) is 6. The Hall–Kier alpha value is 0.339. The van der Waals surface area contributed by atoms with Gasteiger partial charge in [0.05, 0.1) is 0 Å². The quantitative estimate of drug-likeness (QED) is 0.172. The van der Waals surface area contributed by atoms with Gasteiger partial charge in [-0.3, -0.25) is 0 Å². The summed E-state index contributed by atoms with van der Waals surface area (Å²) < 4.78 is 0. The molecule has 0 rings (SSSR count). The van der Waals surface area contributed by atoms with Crippen molar-refractivity contribution in [3.8, 4) is 0 Å². The van der Waals surface area contributed by atoms with Gasteiger partial charge < -0.3 is 30.6 Å². The maximum absolute atomic E-state index is 9.10. The van der Waals surface area contributed by atoms with E-state index in [0.29, 0.717) is 0 Å². The number of hydrogen-bond donors (Lipinski definition) is 6. The third kappa shape index (κ3) is 50.0. The summed E-state index contributed by atoms with van der Waals surface area (Å²) in [6.45, 7) is 0. The zero-order valence-electron chi connectivity index (χ0n) is 11.5. The van der Waals surface area contributed by atoms with Gasteiger partial charge in [0.25, 0.3) is 0 Å². The molecule has 0 saturated heterocycles. The SMILES string of the molecule is O=C(O)C(=O)O.O=C(O)C(=O)O.O=C(O)C(=O)O.[Fe].[Na].[Na].[Na]. The second-order valence-corrected chi connectivity index (χ2v) is 1.83. The molecular weight excluding hydrogens is 389 g/mol. The summed E-state index contributed by atoms with van der Waals surface area (Å²) in [6.07, 6.45) is 0. The smallest absolute Gasteiger partial charge is 0.414 e. The number of rotatable bonds is 0. The standard InChI is InChI=1S/3C2H2O4.Fe.3Na/c3*3-1(4)2(5)6;;;;/h3*(H,3,4)(H,5,6);;;;. The van der Waals surface area contributed by atoms with E-state index in [1.165, 1.54) is 0 Å². The second-order valence-electron chi connectivity index (χ2n) is 1.83. The van der Waals surface area contributed by atoms with Gasteiger partial charge in [0.2, 0.25) is 0 Å². The van der Waals surface area contributed by atoms with E-state index < -0.39 is 35.8 Å². The van der Waals surface area contributed by atoms with E-state index in [4.69, 9.17) is 59.4 Å². The first-order chi connectivity index (χ1) is 7.93. The first kappa shape index (κ1) is 43.2. The van der Waals surface area contributed by atoms with Crippen LogP contribution in [-0.2, 0) is 45.8 Å². The van der Waals surface area contributed by atoms with Crippen LogP contribution >= 0.6 is 0 Å². The van der Waals surface area contributed by atoms with Gasteiger partial charge in [-0.1, -0.05) is 0 Å². The number of carbonyl (C=O) groups is 6. The molecule has 0 bridgehead atoms. The minimum atomic E-state index is -1.82. The van der Waals surface area contributed by atoms with E-state index in [0.717, 1.165) is 0 Å². The predicted molar refractivity (Wildman–Crippen MR) is 63.1 cm³/mol. The summed E-state index contributed by atoms with van der Waals surface area (Å²) in [4.78, 5) is 54.6. The minimum Gasteiger partial charge on any atom is -0.473 e. The van der Waals surface area contributed by atoms with Crippen LogP contribution < -0.4 is 0 Å². The first-order valence-corrected chi connectivity index (χ1v) is 3.32. The first-order valence-electron chi connectivity index (χ1n) is 3.32. The minimum absolute atomic E-state index is 0. The number of carboxylic acid groups (broad SMARTS) is 6. The molecule has 0 heterocycles. The Balaban J connectivity index is -0.0000000281. The van der Waals surface area contributed by atoms with Crippen molar-refractivity contribution < 1.29 is 76.5 Å². The van der Waals surface area contributed by atoms with E-state index >= 15 is 0 Å². The molecule has 0 aromatic rings. The summed E-state index contributed by atoms with van der Waals surface area (Å²) in [6, 6.07) is 0. The van der Waals surface area contributed by atoms with Gasteiger partial charge in [-0.05, 0) is 0 Å². The summed E-state index contributed by atoms with van der Waals surface area (Å²) in [7, 11) is 0. The summed E-state index contributed by atoms with van der Waals surface area (Å²) in [5.74, 6) is -10.9. The van der Waals surface area contributed by atoms with Gasteiger partial charge >= 0.3 is 35.8 Å². The van der Waals surface area contributed by atoms with Crippen molar-refractivity contribution in [2.75, 3.05) is 0 Å². The largest absolute Gasteiger partial charge is 0.473 e. The number of aliphatic carboxylic acids is 6. The maximum Gasteiger partial charge on any atom is 0.414 e. The molecule has 0 aliphatic carbocycles. The van der Waals surface area contributed by atoms with Gasteiger partial charge in [0.15, 0.2) is 0 Å². The Morgan fingerprint density at radius 3 is 0.409 bits per heavy atom. The Morgan fingerprint density at radius 2 is 0.409 bits per heavy atom. The average molecular weight is 395 g/mol. The molecule has 6 N–H and O–H groups in total. The third-order valence-electron chi connectivity index (χ3n) is 0.549. The topological polar surface area (TPSA) is 224 Å². The molecule has 0 aliphatic heterocycles. The Kier molecular flexibility index (Phi) is 51.6. The molecule has 0 aromatic heterocycles. The summed E-state index contributed by atoms with van der Waals surface area (Å²) in [5.41, 5.74) is 0. The van der Waals surface area contributed by atoms with Gasteiger partial charge in [-0.15, -0.1) is 0 Å². The van der Waals surface area contributed by atoms with Gasteiger partial charge in [0, 0.05) is 106 Å². The molecule has 0 saturated carbocycles. The fraction of sp³-hybridized carbons (Fsp3) is 0. The van der Waals surface area contributed by atoms with Gasteiger partial charge in [-0.2, -0.15) is 0 Å². The van der Waals surface area contributed by atoms with Crippen molar-refractivity contribution in [3.63, 3.8) is 0 Å². The van der Waals surface area contributed by atoms with E-state index in [1.807, 2.05) is 0 Å². The van der Waals surface area contributed by atoms with Crippen molar-refractivity contribution in [2.24, 2.45) is 0 Å². The van der Waals surface area contributed by atoms with E-state index in [1.54, 1.807) is 0 Å². The molecule has 0 aromatic carbocycles. The number of carboxylic acids is 6. The molecule has 12 nitrogen and oxygen atoms in total. The maximum atomic E-state index is 9.10. The Morgan fingerprint density at radius 1 is 0.364 bits per heavy atom. The zero-order chi connectivity index (χ0) is 15.5. The monoisotopic (exact) mass is 395 g/mol. The van der Waals surface area contributed by atoms with Gasteiger partial charge in [-0.25, -0.2) is 28.8 Å². The fourth-order valence-corrected chi connectivity index (χ4v) is 0. The Labute approximate surface area is 198 Å². The molecule has 0 amide bonds. The normalized spacial score (nSPS) is 6.00. The predicted octanol–water partition coefficient (Wildman–Crippen LogP) is -3.68. The van der Waals surface area contributed by atoms with Crippen LogP contribution in [0.4, 0.5) is 0 Å². The van der Waals surface area contributed by atoms with Gasteiger partial charge in [0.1, 0.15) is 0 Å². The average Bonchev–Trinajstić information content (AvgIpc) is 2.18. The van der Waals surface area contributed by atoms with Crippen molar-refractivity contribution >= 4 is 124 Å². The molecular formula is C6H6FeNa3O12. The van der Waals surface area contributed by atoms with Crippen LogP contribution in [0.3, 0.4) is 0 Å². The van der Waals surface area contributed by atoms with Crippen molar-refractivity contribution in [1.29, 1.82) is 0 Å². The van der Waals surface area contributed by atoms with Crippen LogP contribution in [0.15, 0.2) is 0 Å². The van der Waals surface area contributed by atoms with Crippen molar-refractivity contribution in [2.45, 2.75) is 0 Å². The summed E-state index contributed by atoms with van der Waals surface area (Å²) >= 11 is 0. The van der Waals surface area contributed by atoms with Crippen molar-refractivity contribution in [1.82, 2.24) is 0 Å². The van der Waals surface area contributed by atoms with Crippen LogP contribution in [0.25, 0.3) is 0 Å². The molecule has 22 heavy (non-hydrogen) atoms. The molecule has 113 valence electrons. The molecule has 0 aliphatic rings. The van der Waals surface area contributed by atoms with E-state index in [-0.39, 0.29) is 106 Å². The molecule has 16 heteroatoms.